The standard InChI is InChI=1S/C9H10FNOS/c1-6(9(11)12)13-8-4-2-7(10)3-5-8/h2-6H,1H3,(H2,11,12). The molecule has 0 saturated heterocycles. The van der Waals surface area contributed by atoms with Crippen molar-refractivity contribution >= 4 is 17.7 Å². The molecule has 2 nitrogen and oxygen atoms in total. The zero-order valence-corrected chi connectivity index (χ0v) is 7.98. The van der Waals surface area contributed by atoms with Crippen molar-refractivity contribution in [3.8, 4) is 0 Å². The van der Waals surface area contributed by atoms with Gasteiger partial charge in [0.05, 0.1) is 5.25 Å². The van der Waals surface area contributed by atoms with Gasteiger partial charge >= 0.3 is 0 Å². The molecule has 0 spiro atoms. The van der Waals surface area contributed by atoms with Gasteiger partial charge in [-0.1, -0.05) is 0 Å². The van der Waals surface area contributed by atoms with Crippen molar-refractivity contribution in [3.63, 3.8) is 0 Å². The average Bonchev–Trinajstić information content (AvgIpc) is 2.08. The van der Waals surface area contributed by atoms with Gasteiger partial charge in [-0.2, -0.15) is 0 Å². The lowest BCUT2D eigenvalue weighted by molar-refractivity contribution is -0.117. The number of rotatable bonds is 3. The van der Waals surface area contributed by atoms with E-state index < -0.39 is 0 Å². The molecule has 2 N–H and O–H groups in total. The van der Waals surface area contributed by atoms with E-state index >= 15 is 0 Å². The Morgan fingerprint density at radius 1 is 1.46 bits per heavy atom. The summed E-state index contributed by atoms with van der Waals surface area (Å²) in [4.78, 5) is 11.5. The molecule has 0 fully saturated rings. The maximum atomic E-state index is 12.5. The summed E-state index contributed by atoms with van der Waals surface area (Å²) < 4.78 is 12.5. The number of thioether (sulfide) groups is 1. The molecule has 1 aromatic carbocycles. The van der Waals surface area contributed by atoms with Crippen molar-refractivity contribution in [1.82, 2.24) is 0 Å². The van der Waals surface area contributed by atoms with Gasteiger partial charge in [0.25, 0.3) is 0 Å². The van der Waals surface area contributed by atoms with Crippen molar-refractivity contribution in [3.05, 3.63) is 30.1 Å². The Hall–Kier alpha value is -1.03. The lowest BCUT2D eigenvalue weighted by atomic mass is 10.3. The zero-order chi connectivity index (χ0) is 9.84. The molecule has 0 aromatic heterocycles. The first-order chi connectivity index (χ1) is 6.09. The Kier molecular flexibility index (Phi) is 3.31. The van der Waals surface area contributed by atoms with Crippen LogP contribution in [0.2, 0.25) is 0 Å². The number of hydrogen-bond donors (Lipinski definition) is 1. The minimum atomic E-state index is -0.366. The fourth-order valence-electron chi connectivity index (χ4n) is 0.775. The third kappa shape index (κ3) is 3.06. The molecule has 0 bridgehead atoms. The SMILES string of the molecule is CC(Sc1ccc(F)cc1)C(N)=O. The number of carbonyl (C=O) groups excluding carboxylic acids is 1. The number of nitrogens with two attached hydrogens (primary N) is 1. The molecule has 0 aliphatic carbocycles. The zero-order valence-electron chi connectivity index (χ0n) is 7.16. The predicted octanol–water partition coefficient (Wildman–Crippen LogP) is 1.79. The van der Waals surface area contributed by atoms with Crippen molar-refractivity contribution in [2.24, 2.45) is 5.73 Å². The molecule has 0 saturated carbocycles. The van der Waals surface area contributed by atoms with Crippen LogP contribution in [-0.2, 0) is 4.79 Å². The number of halogens is 1. The van der Waals surface area contributed by atoms with Gasteiger partial charge in [0.1, 0.15) is 5.82 Å². The summed E-state index contributed by atoms with van der Waals surface area (Å²) >= 11 is 1.32. The smallest absolute Gasteiger partial charge is 0.230 e. The van der Waals surface area contributed by atoms with Crippen LogP contribution in [-0.4, -0.2) is 11.2 Å². The van der Waals surface area contributed by atoms with Gasteiger partial charge in [0.2, 0.25) is 5.91 Å². The first-order valence-corrected chi connectivity index (χ1v) is 4.69. The van der Waals surface area contributed by atoms with E-state index in [1.165, 1.54) is 23.9 Å². The predicted molar refractivity (Wildman–Crippen MR) is 50.9 cm³/mol. The second-order valence-electron chi connectivity index (χ2n) is 2.62. The molecular formula is C9H10FNOS. The fourth-order valence-corrected chi connectivity index (χ4v) is 1.59. The van der Waals surface area contributed by atoms with Crippen molar-refractivity contribution < 1.29 is 9.18 Å². The van der Waals surface area contributed by atoms with Crippen LogP contribution in [0.25, 0.3) is 0 Å². The third-order valence-corrected chi connectivity index (χ3v) is 2.66. The Bertz CT molecular complexity index is 299. The summed E-state index contributed by atoms with van der Waals surface area (Å²) in [6.45, 7) is 1.72. The van der Waals surface area contributed by atoms with Crippen LogP contribution in [0.3, 0.4) is 0 Å². The minimum Gasteiger partial charge on any atom is -0.369 e. The summed E-state index contributed by atoms with van der Waals surface area (Å²) in [5, 5.41) is -0.287. The largest absolute Gasteiger partial charge is 0.369 e. The van der Waals surface area contributed by atoms with E-state index in [0.717, 1.165) is 4.90 Å². The van der Waals surface area contributed by atoms with Crippen LogP contribution >= 0.6 is 11.8 Å². The van der Waals surface area contributed by atoms with E-state index in [1.54, 1.807) is 19.1 Å². The highest BCUT2D eigenvalue weighted by molar-refractivity contribution is 8.00. The van der Waals surface area contributed by atoms with Gasteiger partial charge < -0.3 is 5.73 Å². The lowest BCUT2D eigenvalue weighted by Crippen LogP contribution is -2.22. The van der Waals surface area contributed by atoms with Crippen LogP contribution in [0.4, 0.5) is 4.39 Å². The summed E-state index contributed by atoms with van der Waals surface area (Å²) in [5.41, 5.74) is 5.08. The second kappa shape index (κ2) is 4.28. The van der Waals surface area contributed by atoms with Crippen LogP contribution in [0, 0.1) is 5.82 Å². The van der Waals surface area contributed by atoms with Gasteiger partial charge in [-0.3, -0.25) is 4.79 Å². The van der Waals surface area contributed by atoms with E-state index in [2.05, 4.69) is 0 Å². The monoisotopic (exact) mass is 199 g/mol. The van der Waals surface area contributed by atoms with Crippen LogP contribution < -0.4 is 5.73 Å². The number of amides is 1. The molecule has 13 heavy (non-hydrogen) atoms. The number of carbonyl (C=O) groups is 1. The quantitative estimate of drug-likeness (QED) is 0.754. The van der Waals surface area contributed by atoms with E-state index in [4.69, 9.17) is 5.73 Å². The van der Waals surface area contributed by atoms with Gasteiger partial charge in [-0.05, 0) is 31.2 Å². The van der Waals surface area contributed by atoms with Gasteiger partial charge in [0.15, 0.2) is 0 Å². The van der Waals surface area contributed by atoms with Gasteiger partial charge in [-0.25, -0.2) is 4.39 Å². The molecule has 1 aromatic rings. The third-order valence-electron chi connectivity index (χ3n) is 1.53. The molecule has 1 amide bonds. The molecule has 0 radical (unpaired) electrons. The first-order valence-electron chi connectivity index (χ1n) is 3.81. The molecular weight excluding hydrogens is 189 g/mol. The summed E-state index contributed by atoms with van der Waals surface area (Å²) in [6.07, 6.45) is 0. The maximum absolute atomic E-state index is 12.5. The maximum Gasteiger partial charge on any atom is 0.230 e. The van der Waals surface area contributed by atoms with E-state index in [0.29, 0.717) is 0 Å². The minimum absolute atomic E-state index is 0.281. The van der Waals surface area contributed by atoms with Crippen LogP contribution in [0.5, 0.6) is 0 Å². The molecule has 1 unspecified atom stereocenters. The van der Waals surface area contributed by atoms with E-state index in [9.17, 15) is 9.18 Å². The molecule has 70 valence electrons. The van der Waals surface area contributed by atoms with Crippen LogP contribution in [0.15, 0.2) is 29.2 Å². The molecule has 0 aliphatic heterocycles. The Morgan fingerprint density at radius 2 is 2.00 bits per heavy atom. The highest BCUT2D eigenvalue weighted by atomic mass is 32.2. The van der Waals surface area contributed by atoms with Gasteiger partial charge in [-0.15, -0.1) is 11.8 Å². The molecule has 0 aliphatic rings. The lowest BCUT2D eigenvalue weighted by Gasteiger charge is -2.05. The van der Waals surface area contributed by atoms with Crippen molar-refractivity contribution in [1.29, 1.82) is 0 Å². The summed E-state index contributed by atoms with van der Waals surface area (Å²) in [7, 11) is 0. The van der Waals surface area contributed by atoms with Crippen LogP contribution in [0.1, 0.15) is 6.92 Å². The van der Waals surface area contributed by atoms with E-state index in [1.807, 2.05) is 0 Å². The van der Waals surface area contributed by atoms with E-state index in [-0.39, 0.29) is 17.0 Å². The van der Waals surface area contributed by atoms with Gasteiger partial charge in [0, 0.05) is 4.90 Å². The normalized spacial score (nSPS) is 12.5. The summed E-state index contributed by atoms with van der Waals surface area (Å²) in [6, 6.07) is 5.96. The Morgan fingerprint density at radius 3 is 2.46 bits per heavy atom. The Labute approximate surface area is 80.3 Å². The topological polar surface area (TPSA) is 43.1 Å². The highest BCUT2D eigenvalue weighted by Gasteiger charge is 2.09. The van der Waals surface area contributed by atoms with Crippen molar-refractivity contribution in [2.75, 3.05) is 0 Å². The fraction of sp³-hybridized carbons (Fsp3) is 0.222. The highest BCUT2D eigenvalue weighted by Crippen LogP contribution is 2.22. The Balaban J connectivity index is 2.64. The number of benzene rings is 1. The summed E-state index contributed by atoms with van der Waals surface area (Å²) in [5.74, 6) is -0.648. The average molecular weight is 199 g/mol. The molecule has 1 rings (SSSR count). The van der Waals surface area contributed by atoms with Crippen molar-refractivity contribution in [2.45, 2.75) is 17.1 Å². The molecule has 1 atom stereocenters. The number of hydrogen-bond acceptors (Lipinski definition) is 2. The first kappa shape index (κ1) is 10.1. The molecule has 0 heterocycles. The molecule has 4 heteroatoms. The second-order valence-corrected chi connectivity index (χ2v) is 4.03. The number of primary amides is 1.